The van der Waals surface area contributed by atoms with E-state index in [0.717, 1.165) is 5.56 Å². The molecule has 0 unspecified atom stereocenters. The van der Waals surface area contributed by atoms with Gasteiger partial charge in [-0.3, -0.25) is 14.9 Å². The normalized spacial score (nSPS) is 10.7. The van der Waals surface area contributed by atoms with Crippen molar-refractivity contribution in [2.24, 2.45) is 0 Å². The summed E-state index contributed by atoms with van der Waals surface area (Å²) in [7, 11) is 0. The minimum atomic E-state index is -0.671. The Morgan fingerprint density at radius 3 is 2.50 bits per heavy atom. The topological polar surface area (TPSA) is 99.7 Å². The summed E-state index contributed by atoms with van der Waals surface area (Å²) in [5.41, 5.74) is 1.74. The van der Waals surface area contributed by atoms with E-state index in [9.17, 15) is 19.7 Å². The Kier molecular flexibility index (Phi) is 4.85. The maximum absolute atomic E-state index is 12.8. The van der Waals surface area contributed by atoms with Crippen LogP contribution in [0.2, 0.25) is 0 Å². The van der Waals surface area contributed by atoms with Crippen LogP contribution in [0.25, 0.3) is 22.1 Å². The van der Waals surface area contributed by atoms with Crippen LogP contribution in [0.3, 0.4) is 0 Å². The molecule has 0 atom stereocenters. The smallest absolute Gasteiger partial charge is 0.343 e. The fraction of sp³-hybridized carbons (Fsp3) is 0.0435. The van der Waals surface area contributed by atoms with Crippen LogP contribution in [0.1, 0.15) is 15.9 Å². The molecule has 0 bridgehead atoms. The molecule has 1 heterocycles. The molecule has 3 aromatic carbocycles. The first-order valence-corrected chi connectivity index (χ1v) is 9.02. The largest absolute Gasteiger partial charge is 0.463 e. The zero-order chi connectivity index (χ0) is 21.3. The third kappa shape index (κ3) is 3.56. The van der Waals surface area contributed by atoms with Crippen molar-refractivity contribution in [2.75, 3.05) is 0 Å². The van der Waals surface area contributed by atoms with Crippen LogP contribution in [0.15, 0.2) is 82.2 Å². The zero-order valence-corrected chi connectivity index (χ0v) is 15.8. The lowest BCUT2D eigenvalue weighted by molar-refractivity contribution is -0.385. The number of fused-ring (bicyclic) bond motifs is 1. The van der Waals surface area contributed by atoms with E-state index in [1.807, 2.05) is 30.3 Å². The highest BCUT2D eigenvalue weighted by atomic mass is 16.6. The van der Waals surface area contributed by atoms with Gasteiger partial charge in [0.15, 0.2) is 5.43 Å². The van der Waals surface area contributed by atoms with E-state index < -0.39 is 10.9 Å². The van der Waals surface area contributed by atoms with E-state index in [0.29, 0.717) is 16.5 Å². The van der Waals surface area contributed by atoms with E-state index in [2.05, 4.69) is 0 Å². The molecule has 1 aromatic heterocycles. The molecular weight excluding hydrogens is 386 g/mol. The molecule has 0 saturated carbocycles. The molecular formula is C23H15NO6. The average Bonchev–Trinajstić information content (AvgIpc) is 2.74. The molecule has 7 nitrogen and oxygen atoms in total. The van der Waals surface area contributed by atoms with Crippen molar-refractivity contribution < 1.29 is 18.9 Å². The summed E-state index contributed by atoms with van der Waals surface area (Å²) >= 11 is 0. The number of benzene rings is 3. The number of hydrogen-bond donors (Lipinski definition) is 0. The predicted molar refractivity (Wildman–Crippen MR) is 111 cm³/mol. The Morgan fingerprint density at radius 2 is 1.80 bits per heavy atom. The van der Waals surface area contributed by atoms with Crippen molar-refractivity contribution in [3.05, 3.63) is 104 Å². The number of carbonyl (C=O) groups excluding carboxylic acids is 1. The molecule has 0 aliphatic heterocycles. The van der Waals surface area contributed by atoms with Crippen molar-refractivity contribution in [2.45, 2.75) is 6.92 Å². The second-order valence-corrected chi connectivity index (χ2v) is 6.65. The van der Waals surface area contributed by atoms with Crippen LogP contribution in [-0.2, 0) is 0 Å². The number of nitro benzene ring substituents is 1. The van der Waals surface area contributed by atoms with Gasteiger partial charge in [0, 0.05) is 17.7 Å². The molecule has 0 N–H and O–H groups in total. The Hall–Kier alpha value is -4.26. The highest BCUT2D eigenvalue weighted by Gasteiger charge is 2.16. The molecule has 0 aliphatic carbocycles. The van der Waals surface area contributed by atoms with Gasteiger partial charge in [0.05, 0.1) is 21.4 Å². The van der Waals surface area contributed by atoms with Gasteiger partial charge in [0.1, 0.15) is 17.6 Å². The lowest BCUT2D eigenvalue weighted by Gasteiger charge is -2.07. The summed E-state index contributed by atoms with van der Waals surface area (Å²) in [6, 6.07) is 17.7. The van der Waals surface area contributed by atoms with Gasteiger partial charge in [0.2, 0.25) is 0 Å². The van der Waals surface area contributed by atoms with Crippen LogP contribution < -0.4 is 10.2 Å². The molecule has 148 valence electrons. The number of carbonyl (C=O) groups is 1. The van der Waals surface area contributed by atoms with Crippen molar-refractivity contribution in [1.29, 1.82) is 0 Å². The fourth-order valence-corrected chi connectivity index (χ4v) is 3.14. The first-order chi connectivity index (χ1) is 14.4. The number of nitro groups is 1. The molecule has 7 heteroatoms. The summed E-state index contributed by atoms with van der Waals surface area (Å²) in [5.74, 6) is -0.477. The second kappa shape index (κ2) is 7.63. The third-order valence-corrected chi connectivity index (χ3v) is 4.67. The van der Waals surface area contributed by atoms with Crippen LogP contribution in [0, 0.1) is 17.0 Å². The Bertz CT molecular complexity index is 1340. The van der Waals surface area contributed by atoms with E-state index in [4.69, 9.17) is 9.15 Å². The Morgan fingerprint density at radius 1 is 1.03 bits per heavy atom. The van der Waals surface area contributed by atoms with E-state index in [1.165, 1.54) is 42.7 Å². The first-order valence-electron chi connectivity index (χ1n) is 9.02. The molecule has 0 fully saturated rings. The van der Waals surface area contributed by atoms with Gasteiger partial charge in [-0.2, -0.15) is 0 Å². The van der Waals surface area contributed by atoms with Gasteiger partial charge in [-0.15, -0.1) is 0 Å². The van der Waals surface area contributed by atoms with Crippen molar-refractivity contribution in [1.82, 2.24) is 0 Å². The number of esters is 1. The molecule has 4 aromatic rings. The summed E-state index contributed by atoms with van der Waals surface area (Å²) in [4.78, 5) is 35.6. The summed E-state index contributed by atoms with van der Waals surface area (Å²) in [6.45, 7) is 1.55. The lowest BCUT2D eigenvalue weighted by Crippen LogP contribution is -2.10. The molecule has 0 spiro atoms. The van der Waals surface area contributed by atoms with Crippen LogP contribution in [0.4, 0.5) is 5.69 Å². The number of nitrogens with zero attached hydrogens (tertiary/aromatic N) is 1. The number of rotatable bonds is 4. The second-order valence-electron chi connectivity index (χ2n) is 6.65. The van der Waals surface area contributed by atoms with Gasteiger partial charge >= 0.3 is 5.97 Å². The monoisotopic (exact) mass is 401 g/mol. The molecule has 0 amide bonds. The average molecular weight is 401 g/mol. The van der Waals surface area contributed by atoms with E-state index in [1.54, 1.807) is 6.92 Å². The van der Waals surface area contributed by atoms with Crippen molar-refractivity contribution in [3.8, 4) is 16.9 Å². The maximum Gasteiger partial charge on any atom is 0.343 e. The fourth-order valence-electron chi connectivity index (χ4n) is 3.14. The van der Waals surface area contributed by atoms with E-state index in [-0.39, 0.29) is 28.0 Å². The summed E-state index contributed by atoms with van der Waals surface area (Å²) in [5, 5.41) is 11.3. The minimum Gasteiger partial charge on any atom is -0.463 e. The predicted octanol–water partition coefficient (Wildman–Crippen LogP) is 4.90. The number of ether oxygens (including phenoxy) is 1. The Labute approximate surface area is 170 Å². The van der Waals surface area contributed by atoms with Gasteiger partial charge in [-0.25, -0.2) is 4.79 Å². The lowest BCUT2D eigenvalue weighted by atomic mass is 10.1. The maximum atomic E-state index is 12.8. The molecule has 0 saturated heterocycles. The standard InChI is InChI=1S/C23H15NO6/c1-14-11-16(7-10-20(14)24(27)28)23(26)30-17-8-9-18-21(12-17)29-13-19(22(18)25)15-5-3-2-4-6-15/h2-13H,1H3. The van der Waals surface area contributed by atoms with Gasteiger partial charge in [-0.1, -0.05) is 30.3 Å². The zero-order valence-electron chi connectivity index (χ0n) is 15.8. The molecule has 4 rings (SSSR count). The number of aryl methyl sites for hydroxylation is 1. The van der Waals surface area contributed by atoms with Crippen molar-refractivity contribution in [3.63, 3.8) is 0 Å². The van der Waals surface area contributed by atoms with Crippen molar-refractivity contribution >= 4 is 22.6 Å². The Balaban J connectivity index is 1.63. The van der Waals surface area contributed by atoms with Crippen LogP contribution >= 0.6 is 0 Å². The molecule has 0 radical (unpaired) electrons. The summed E-state index contributed by atoms with van der Waals surface area (Å²) < 4.78 is 10.9. The van der Waals surface area contributed by atoms with Gasteiger partial charge in [-0.05, 0) is 36.8 Å². The summed E-state index contributed by atoms with van der Waals surface area (Å²) in [6.07, 6.45) is 1.38. The van der Waals surface area contributed by atoms with Crippen LogP contribution in [0.5, 0.6) is 5.75 Å². The third-order valence-electron chi connectivity index (χ3n) is 4.67. The van der Waals surface area contributed by atoms with Gasteiger partial charge in [0.25, 0.3) is 5.69 Å². The number of hydrogen-bond acceptors (Lipinski definition) is 6. The highest BCUT2D eigenvalue weighted by molar-refractivity contribution is 5.92. The van der Waals surface area contributed by atoms with E-state index >= 15 is 0 Å². The quantitative estimate of drug-likeness (QED) is 0.209. The SMILES string of the molecule is Cc1cc(C(=O)Oc2ccc3c(=O)c(-c4ccccc4)coc3c2)ccc1[N+](=O)[O-]. The molecule has 0 aliphatic rings. The highest BCUT2D eigenvalue weighted by Crippen LogP contribution is 2.24. The minimum absolute atomic E-state index is 0.0757. The van der Waals surface area contributed by atoms with Crippen LogP contribution in [-0.4, -0.2) is 10.9 Å². The first kappa shape index (κ1) is 19.1. The van der Waals surface area contributed by atoms with Gasteiger partial charge < -0.3 is 9.15 Å². The molecule has 30 heavy (non-hydrogen) atoms.